The Kier molecular flexibility index (Phi) is 4.81. The van der Waals surface area contributed by atoms with E-state index in [0.29, 0.717) is 0 Å². The molecular formula is C15H16BrF3N2OS. The van der Waals surface area contributed by atoms with Gasteiger partial charge in [0, 0.05) is 17.8 Å². The van der Waals surface area contributed by atoms with E-state index in [1.54, 1.807) is 26.8 Å². The number of benzene rings is 1. The molecular weight excluding hydrogens is 393 g/mol. The molecule has 1 aromatic rings. The minimum absolute atomic E-state index is 0.0214. The van der Waals surface area contributed by atoms with E-state index in [0.717, 1.165) is 6.07 Å². The third-order valence-corrected chi connectivity index (χ3v) is 6.07. The van der Waals surface area contributed by atoms with Crippen LogP contribution in [0.5, 0.6) is 0 Å². The summed E-state index contributed by atoms with van der Waals surface area (Å²) in [5.41, 5.74) is -1.85. The molecule has 1 aromatic carbocycles. The van der Waals surface area contributed by atoms with Gasteiger partial charge in [0.25, 0.3) is 5.92 Å². The summed E-state index contributed by atoms with van der Waals surface area (Å²) in [5.74, 6) is -3.85. The van der Waals surface area contributed by atoms with Gasteiger partial charge in [-0.3, -0.25) is 0 Å². The predicted octanol–water partition coefficient (Wildman–Crippen LogP) is 3.81. The largest absolute Gasteiger partial charge is 0.598 e. The first-order chi connectivity index (χ1) is 10.5. The molecule has 3 atom stereocenters. The van der Waals surface area contributed by atoms with Crippen LogP contribution in [-0.4, -0.2) is 21.3 Å². The van der Waals surface area contributed by atoms with Crippen molar-refractivity contribution < 1.29 is 17.7 Å². The maximum Gasteiger partial charge on any atom is 0.261 e. The van der Waals surface area contributed by atoms with Gasteiger partial charge in [-0.25, -0.2) is 13.2 Å². The lowest BCUT2D eigenvalue weighted by Gasteiger charge is -2.29. The fraction of sp³-hybridized carbons (Fsp3) is 0.533. The van der Waals surface area contributed by atoms with Crippen LogP contribution in [0.4, 0.5) is 13.2 Å². The molecule has 0 amide bonds. The quantitative estimate of drug-likeness (QED) is 0.770. The number of hydrogen-bond acceptors (Lipinski definition) is 3. The maximum absolute atomic E-state index is 14.1. The van der Waals surface area contributed by atoms with Gasteiger partial charge < -0.3 is 4.55 Å². The zero-order chi connectivity index (χ0) is 17.6. The average molecular weight is 409 g/mol. The Labute approximate surface area is 144 Å². The van der Waals surface area contributed by atoms with Gasteiger partial charge in [-0.05, 0) is 54.4 Å². The van der Waals surface area contributed by atoms with Crippen LogP contribution in [0.2, 0.25) is 0 Å². The summed E-state index contributed by atoms with van der Waals surface area (Å²) < 4.78 is 56.1. The summed E-state index contributed by atoms with van der Waals surface area (Å²) >= 11 is 1.27. The molecule has 8 heteroatoms. The highest BCUT2D eigenvalue weighted by Gasteiger charge is 2.76. The Bertz CT molecular complexity index is 659. The fourth-order valence-corrected chi connectivity index (χ4v) is 3.46. The molecule has 2 rings (SSSR count). The van der Waals surface area contributed by atoms with Crippen molar-refractivity contribution in [1.82, 2.24) is 4.72 Å². The highest BCUT2D eigenvalue weighted by atomic mass is 79.9. The molecule has 0 bridgehead atoms. The number of rotatable bonds is 4. The standard InChI is InChI=1S/C15H16BrF3N2OS/c1-13(2,3)23(22)21-12(7-20)14(8-15(14,18)19)9-4-5-10(16)11(17)6-9/h4-6,12,21H,8H2,1-3H3/t12-,14+,23+/m0/s1. The van der Waals surface area contributed by atoms with Crippen molar-refractivity contribution >= 4 is 27.3 Å². The monoisotopic (exact) mass is 408 g/mol. The molecule has 0 unspecified atom stereocenters. The molecule has 126 valence electrons. The van der Waals surface area contributed by atoms with E-state index in [-0.39, 0.29) is 10.0 Å². The molecule has 1 aliphatic carbocycles. The lowest BCUT2D eigenvalue weighted by atomic mass is 9.88. The molecule has 0 aromatic heterocycles. The van der Waals surface area contributed by atoms with Gasteiger partial charge >= 0.3 is 0 Å². The Morgan fingerprint density at radius 2 is 2.00 bits per heavy atom. The van der Waals surface area contributed by atoms with E-state index in [9.17, 15) is 23.0 Å². The van der Waals surface area contributed by atoms with E-state index in [2.05, 4.69) is 20.7 Å². The van der Waals surface area contributed by atoms with Crippen LogP contribution in [0.3, 0.4) is 0 Å². The number of nitrogens with zero attached hydrogens (tertiary/aromatic N) is 1. The summed E-state index contributed by atoms with van der Waals surface area (Å²) in [5, 5.41) is 9.35. The summed E-state index contributed by atoms with van der Waals surface area (Å²) in [4.78, 5) is 0. The topological polar surface area (TPSA) is 58.9 Å². The molecule has 1 aliphatic rings. The normalized spacial score (nSPS) is 25.5. The lowest BCUT2D eigenvalue weighted by Crippen LogP contribution is -2.50. The first-order valence-electron chi connectivity index (χ1n) is 6.87. The van der Waals surface area contributed by atoms with Crippen LogP contribution in [0.25, 0.3) is 0 Å². The van der Waals surface area contributed by atoms with E-state index < -0.39 is 45.7 Å². The van der Waals surface area contributed by atoms with Crippen molar-refractivity contribution in [2.45, 2.75) is 49.3 Å². The van der Waals surface area contributed by atoms with Gasteiger partial charge in [0.1, 0.15) is 10.6 Å². The van der Waals surface area contributed by atoms with Gasteiger partial charge in [-0.2, -0.15) is 5.26 Å². The highest BCUT2D eigenvalue weighted by Crippen LogP contribution is 2.63. The smallest absolute Gasteiger partial charge is 0.261 e. The lowest BCUT2D eigenvalue weighted by molar-refractivity contribution is 0.0834. The third kappa shape index (κ3) is 3.25. The van der Waals surface area contributed by atoms with Crippen LogP contribution < -0.4 is 4.72 Å². The highest BCUT2D eigenvalue weighted by molar-refractivity contribution is 9.10. The number of nitriles is 1. The molecule has 0 radical (unpaired) electrons. The van der Waals surface area contributed by atoms with E-state index in [4.69, 9.17) is 0 Å². The van der Waals surface area contributed by atoms with Crippen LogP contribution >= 0.6 is 15.9 Å². The van der Waals surface area contributed by atoms with Gasteiger partial charge in [0.15, 0.2) is 6.04 Å². The molecule has 0 saturated heterocycles. The van der Waals surface area contributed by atoms with E-state index in [1.165, 1.54) is 12.1 Å². The van der Waals surface area contributed by atoms with Crippen molar-refractivity contribution in [1.29, 1.82) is 5.26 Å². The first-order valence-corrected chi connectivity index (χ1v) is 8.81. The van der Waals surface area contributed by atoms with Crippen molar-refractivity contribution in [3.8, 4) is 6.07 Å². The summed E-state index contributed by atoms with van der Waals surface area (Å²) in [6, 6.07) is 4.07. The molecule has 1 N–H and O–H groups in total. The van der Waals surface area contributed by atoms with Crippen LogP contribution in [-0.2, 0) is 16.8 Å². The minimum Gasteiger partial charge on any atom is -0.598 e. The SMILES string of the molecule is CC(C)(C)[S@@+]([O-])N[C@@H](C#N)[C@]1(c2ccc(Br)c(F)c2)CC1(F)F. The molecule has 1 fully saturated rings. The second-order valence-electron chi connectivity index (χ2n) is 6.54. The molecule has 23 heavy (non-hydrogen) atoms. The average Bonchev–Trinajstić information content (AvgIpc) is 3.01. The van der Waals surface area contributed by atoms with Crippen molar-refractivity contribution in [3.05, 3.63) is 34.1 Å². The molecule has 1 saturated carbocycles. The van der Waals surface area contributed by atoms with Crippen LogP contribution in [0.1, 0.15) is 32.8 Å². The molecule has 0 aliphatic heterocycles. The van der Waals surface area contributed by atoms with Crippen molar-refractivity contribution in [2.24, 2.45) is 0 Å². The second-order valence-corrected chi connectivity index (χ2v) is 9.39. The Balaban J connectivity index is 2.41. The van der Waals surface area contributed by atoms with Crippen LogP contribution in [0, 0.1) is 17.1 Å². The van der Waals surface area contributed by atoms with Crippen LogP contribution in [0.15, 0.2) is 22.7 Å². The Morgan fingerprint density at radius 3 is 2.39 bits per heavy atom. The maximum atomic E-state index is 14.1. The zero-order valence-corrected chi connectivity index (χ0v) is 15.2. The van der Waals surface area contributed by atoms with E-state index >= 15 is 0 Å². The number of hydrogen-bond donors (Lipinski definition) is 1. The zero-order valence-electron chi connectivity index (χ0n) is 12.8. The van der Waals surface area contributed by atoms with Crippen molar-refractivity contribution in [2.75, 3.05) is 0 Å². The third-order valence-electron chi connectivity index (χ3n) is 3.87. The van der Waals surface area contributed by atoms with E-state index in [1.807, 2.05) is 0 Å². The predicted molar refractivity (Wildman–Crippen MR) is 85.8 cm³/mol. The van der Waals surface area contributed by atoms with Gasteiger partial charge in [-0.1, -0.05) is 6.07 Å². The Morgan fingerprint density at radius 1 is 1.43 bits per heavy atom. The first kappa shape index (κ1) is 18.6. The Hall–Kier alpha value is -0.750. The fourth-order valence-electron chi connectivity index (χ4n) is 2.39. The number of alkyl halides is 2. The summed E-state index contributed by atoms with van der Waals surface area (Å²) in [6.07, 6.45) is -0.590. The summed E-state index contributed by atoms with van der Waals surface area (Å²) in [6.45, 7) is 5.00. The molecule has 0 spiro atoms. The van der Waals surface area contributed by atoms with Crippen molar-refractivity contribution in [3.63, 3.8) is 0 Å². The number of halogens is 4. The van der Waals surface area contributed by atoms with Gasteiger partial charge in [0.05, 0.1) is 16.0 Å². The molecule has 3 nitrogen and oxygen atoms in total. The second kappa shape index (κ2) is 5.96. The van der Waals surface area contributed by atoms with Gasteiger partial charge in [0.2, 0.25) is 0 Å². The van der Waals surface area contributed by atoms with Gasteiger partial charge in [-0.15, -0.1) is 4.72 Å². The summed E-state index contributed by atoms with van der Waals surface area (Å²) in [7, 11) is 0. The minimum atomic E-state index is -3.16. The number of nitrogens with one attached hydrogen (secondary N) is 1. The molecule has 0 heterocycles.